The third-order valence-corrected chi connectivity index (χ3v) is 2.22. The lowest BCUT2D eigenvalue weighted by atomic mass is 10.3. The maximum absolute atomic E-state index is 5.38. The maximum Gasteiger partial charge on any atom is 0.188 e. The average Bonchev–Trinajstić information content (AvgIpc) is 2.67. The van der Waals surface area contributed by atoms with Crippen molar-refractivity contribution in [1.29, 1.82) is 0 Å². The highest BCUT2D eigenvalue weighted by atomic mass is 79.9. The largest absolute Gasteiger partial charge is 0.324 e. The second-order valence-electron chi connectivity index (χ2n) is 2.68. The van der Waals surface area contributed by atoms with Gasteiger partial charge in [-0.15, -0.1) is 15.0 Å². The van der Waals surface area contributed by atoms with Gasteiger partial charge in [-0.2, -0.15) is 0 Å². The van der Waals surface area contributed by atoms with Gasteiger partial charge in [-0.25, -0.2) is 0 Å². The molecule has 1 heterocycles. The number of rotatable bonds is 2. The summed E-state index contributed by atoms with van der Waals surface area (Å²) in [5, 5.41) is 11.7. The molecule has 0 aliphatic heterocycles. The second-order valence-corrected chi connectivity index (χ2v) is 3.59. The second kappa shape index (κ2) is 3.85. The summed E-state index contributed by atoms with van der Waals surface area (Å²) in [7, 11) is 0. The van der Waals surface area contributed by atoms with E-state index in [0.29, 0.717) is 12.4 Å². The summed E-state index contributed by atoms with van der Waals surface area (Å²) in [6.45, 7) is 0.302. The molecule has 2 rings (SSSR count). The van der Waals surface area contributed by atoms with Gasteiger partial charge in [0.1, 0.15) is 0 Å². The van der Waals surface area contributed by atoms with E-state index < -0.39 is 0 Å². The van der Waals surface area contributed by atoms with E-state index in [1.54, 1.807) is 0 Å². The quantitative estimate of drug-likeness (QED) is 0.863. The van der Waals surface area contributed by atoms with E-state index in [1.165, 1.54) is 4.80 Å². The van der Waals surface area contributed by atoms with Crippen molar-refractivity contribution in [3.05, 3.63) is 34.6 Å². The van der Waals surface area contributed by atoms with Crippen molar-refractivity contribution in [3.8, 4) is 5.69 Å². The average molecular weight is 254 g/mol. The van der Waals surface area contributed by atoms with E-state index in [-0.39, 0.29) is 0 Å². The Balaban J connectivity index is 2.34. The van der Waals surface area contributed by atoms with E-state index in [4.69, 9.17) is 5.73 Å². The number of halogens is 1. The van der Waals surface area contributed by atoms with E-state index in [0.717, 1.165) is 10.2 Å². The van der Waals surface area contributed by atoms with Crippen molar-refractivity contribution in [1.82, 2.24) is 20.2 Å². The zero-order valence-corrected chi connectivity index (χ0v) is 8.85. The number of nitrogens with two attached hydrogens (primary N) is 1. The Labute approximate surface area is 89.0 Å². The van der Waals surface area contributed by atoms with Crippen LogP contribution in [0.15, 0.2) is 28.7 Å². The molecule has 0 aliphatic rings. The summed E-state index contributed by atoms with van der Waals surface area (Å²) in [4.78, 5) is 1.45. The Hall–Kier alpha value is -1.27. The lowest BCUT2D eigenvalue weighted by molar-refractivity contribution is 0.717. The molecule has 0 radical (unpaired) electrons. The third-order valence-electron chi connectivity index (χ3n) is 1.70. The minimum Gasteiger partial charge on any atom is -0.324 e. The SMILES string of the molecule is NCc1nnn(-c2ccc(Br)cc2)n1. The Kier molecular flexibility index (Phi) is 2.55. The molecule has 0 saturated carbocycles. The molecule has 0 spiro atoms. The molecule has 72 valence electrons. The summed E-state index contributed by atoms with van der Waals surface area (Å²) in [6, 6.07) is 7.62. The summed E-state index contributed by atoms with van der Waals surface area (Å²) >= 11 is 3.35. The fourth-order valence-corrected chi connectivity index (χ4v) is 1.27. The summed E-state index contributed by atoms with van der Waals surface area (Å²) in [5.74, 6) is 0.535. The summed E-state index contributed by atoms with van der Waals surface area (Å²) in [6.07, 6.45) is 0. The van der Waals surface area contributed by atoms with Gasteiger partial charge < -0.3 is 5.73 Å². The molecule has 0 atom stereocenters. The lowest BCUT2D eigenvalue weighted by Gasteiger charge is -1.96. The minimum absolute atomic E-state index is 0.302. The number of hydrogen-bond donors (Lipinski definition) is 1. The van der Waals surface area contributed by atoms with Crippen LogP contribution in [0.5, 0.6) is 0 Å². The van der Waals surface area contributed by atoms with Crippen molar-refractivity contribution in [2.45, 2.75) is 6.54 Å². The molecule has 0 fully saturated rings. The monoisotopic (exact) mass is 253 g/mol. The van der Waals surface area contributed by atoms with E-state index in [9.17, 15) is 0 Å². The van der Waals surface area contributed by atoms with Crippen molar-refractivity contribution >= 4 is 15.9 Å². The predicted molar refractivity (Wildman–Crippen MR) is 54.7 cm³/mol. The van der Waals surface area contributed by atoms with Gasteiger partial charge in [0.2, 0.25) is 0 Å². The van der Waals surface area contributed by atoms with Crippen molar-refractivity contribution in [2.24, 2.45) is 5.73 Å². The van der Waals surface area contributed by atoms with Crippen LogP contribution in [0.3, 0.4) is 0 Å². The topological polar surface area (TPSA) is 69.6 Å². The standard InChI is InChI=1S/C8H8BrN5/c9-6-1-3-7(4-2-6)14-12-8(5-10)11-13-14/h1-4H,5,10H2. The van der Waals surface area contributed by atoms with Crippen LogP contribution in [0, 0.1) is 0 Å². The van der Waals surface area contributed by atoms with Gasteiger partial charge in [-0.3, -0.25) is 0 Å². The first-order chi connectivity index (χ1) is 6.79. The third kappa shape index (κ3) is 1.80. The van der Waals surface area contributed by atoms with Crippen LogP contribution in [0.25, 0.3) is 5.69 Å². The summed E-state index contributed by atoms with van der Waals surface area (Å²) < 4.78 is 1.01. The molecule has 0 bridgehead atoms. The first kappa shape index (κ1) is 9.29. The molecule has 1 aromatic heterocycles. The highest BCUT2D eigenvalue weighted by Crippen LogP contribution is 2.12. The Morgan fingerprint density at radius 3 is 2.57 bits per heavy atom. The van der Waals surface area contributed by atoms with Crippen LogP contribution in [0.1, 0.15) is 5.82 Å². The van der Waals surface area contributed by atoms with Crippen LogP contribution in [0.4, 0.5) is 0 Å². The molecule has 2 aromatic rings. The van der Waals surface area contributed by atoms with Gasteiger partial charge in [-0.1, -0.05) is 15.9 Å². The first-order valence-corrected chi connectivity index (χ1v) is 4.84. The van der Waals surface area contributed by atoms with Crippen molar-refractivity contribution in [2.75, 3.05) is 0 Å². The van der Waals surface area contributed by atoms with Gasteiger partial charge >= 0.3 is 0 Å². The maximum atomic E-state index is 5.38. The molecule has 0 amide bonds. The van der Waals surface area contributed by atoms with Crippen LogP contribution in [-0.2, 0) is 6.54 Å². The van der Waals surface area contributed by atoms with E-state index in [2.05, 4.69) is 31.3 Å². The summed E-state index contributed by atoms with van der Waals surface area (Å²) in [5.41, 5.74) is 6.24. The molecule has 5 nitrogen and oxygen atoms in total. The van der Waals surface area contributed by atoms with Crippen molar-refractivity contribution < 1.29 is 0 Å². The fourth-order valence-electron chi connectivity index (χ4n) is 1.01. The van der Waals surface area contributed by atoms with E-state index >= 15 is 0 Å². The number of tetrazole rings is 1. The number of aromatic nitrogens is 4. The zero-order valence-electron chi connectivity index (χ0n) is 7.26. The predicted octanol–water partition coefficient (Wildman–Crippen LogP) is 0.883. The number of hydrogen-bond acceptors (Lipinski definition) is 4. The van der Waals surface area contributed by atoms with Crippen LogP contribution in [0.2, 0.25) is 0 Å². The molecule has 0 saturated heterocycles. The molecule has 2 N–H and O–H groups in total. The molecule has 6 heteroatoms. The molecule has 0 aliphatic carbocycles. The normalized spacial score (nSPS) is 10.4. The van der Waals surface area contributed by atoms with Crippen molar-refractivity contribution in [3.63, 3.8) is 0 Å². The van der Waals surface area contributed by atoms with Crippen LogP contribution < -0.4 is 5.73 Å². The zero-order chi connectivity index (χ0) is 9.97. The Bertz CT molecular complexity index is 422. The van der Waals surface area contributed by atoms with E-state index in [1.807, 2.05) is 24.3 Å². The van der Waals surface area contributed by atoms with Crippen LogP contribution >= 0.6 is 15.9 Å². The smallest absolute Gasteiger partial charge is 0.188 e. The number of benzene rings is 1. The number of nitrogens with zero attached hydrogens (tertiary/aromatic N) is 4. The van der Waals surface area contributed by atoms with Gasteiger partial charge in [0.25, 0.3) is 0 Å². The molecule has 1 aromatic carbocycles. The van der Waals surface area contributed by atoms with Gasteiger partial charge in [0.15, 0.2) is 5.82 Å². The van der Waals surface area contributed by atoms with Crippen LogP contribution in [-0.4, -0.2) is 20.2 Å². The molecular formula is C8H8BrN5. The highest BCUT2D eigenvalue weighted by molar-refractivity contribution is 9.10. The highest BCUT2D eigenvalue weighted by Gasteiger charge is 2.01. The fraction of sp³-hybridized carbons (Fsp3) is 0.125. The minimum atomic E-state index is 0.302. The first-order valence-electron chi connectivity index (χ1n) is 4.04. The Morgan fingerprint density at radius 2 is 2.00 bits per heavy atom. The molecule has 0 unspecified atom stereocenters. The molecule has 14 heavy (non-hydrogen) atoms. The van der Waals surface area contributed by atoms with Gasteiger partial charge in [0, 0.05) is 4.47 Å². The Morgan fingerprint density at radius 1 is 1.29 bits per heavy atom. The van der Waals surface area contributed by atoms with Gasteiger partial charge in [0.05, 0.1) is 12.2 Å². The lowest BCUT2D eigenvalue weighted by Crippen LogP contribution is -2.01. The molecular weight excluding hydrogens is 246 g/mol. The van der Waals surface area contributed by atoms with Gasteiger partial charge in [-0.05, 0) is 29.5 Å².